The van der Waals surface area contributed by atoms with Crippen LogP contribution in [0.2, 0.25) is 0 Å². The van der Waals surface area contributed by atoms with Crippen molar-refractivity contribution in [3.05, 3.63) is 17.5 Å². The molecule has 0 saturated heterocycles. The van der Waals surface area contributed by atoms with Crippen molar-refractivity contribution >= 4 is 0 Å². The van der Waals surface area contributed by atoms with E-state index < -0.39 is 0 Å². The SMILES string of the molecule is COC1(c2cc(C)on2)CC1. The minimum Gasteiger partial charge on any atom is -0.372 e. The van der Waals surface area contributed by atoms with Gasteiger partial charge in [-0.3, -0.25) is 0 Å². The van der Waals surface area contributed by atoms with E-state index in [4.69, 9.17) is 9.26 Å². The van der Waals surface area contributed by atoms with Crippen LogP contribution in [-0.2, 0) is 10.3 Å². The molecule has 0 spiro atoms. The number of rotatable bonds is 2. The van der Waals surface area contributed by atoms with Gasteiger partial charge in [-0.15, -0.1) is 0 Å². The molecule has 1 fully saturated rings. The fraction of sp³-hybridized carbons (Fsp3) is 0.625. The Bertz CT molecular complexity index is 263. The highest BCUT2D eigenvalue weighted by molar-refractivity contribution is 5.19. The summed E-state index contributed by atoms with van der Waals surface area (Å²) in [7, 11) is 1.72. The van der Waals surface area contributed by atoms with E-state index in [1.165, 1.54) is 0 Å². The summed E-state index contributed by atoms with van der Waals surface area (Å²) >= 11 is 0. The predicted molar refractivity (Wildman–Crippen MR) is 39.2 cm³/mol. The fourth-order valence-corrected chi connectivity index (χ4v) is 1.26. The summed E-state index contributed by atoms with van der Waals surface area (Å²) in [5, 5.41) is 3.92. The van der Waals surface area contributed by atoms with Gasteiger partial charge in [0.25, 0.3) is 0 Å². The van der Waals surface area contributed by atoms with E-state index in [1.807, 2.05) is 13.0 Å². The van der Waals surface area contributed by atoms with Gasteiger partial charge in [-0.05, 0) is 19.8 Å². The third kappa shape index (κ3) is 0.959. The molecular formula is C8H11NO2. The van der Waals surface area contributed by atoms with Crippen LogP contribution in [0.1, 0.15) is 24.3 Å². The summed E-state index contributed by atoms with van der Waals surface area (Å²) < 4.78 is 10.3. The molecule has 3 nitrogen and oxygen atoms in total. The standard InChI is InChI=1S/C8H11NO2/c1-6-5-7(9-11-6)8(10-2)3-4-8/h5H,3-4H2,1-2H3. The number of hydrogen-bond donors (Lipinski definition) is 0. The van der Waals surface area contributed by atoms with E-state index >= 15 is 0 Å². The van der Waals surface area contributed by atoms with E-state index in [0.29, 0.717) is 0 Å². The van der Waals surface area contributed by atoms with E-state index in [-0.39, 0.29) is 5.60 Å². The van der Waals surface area contributed by atoms with E-state index in [9.17, 15) is 0 Å². The summed E-state index contributed by atoms with van der Waals surface area (Å²) in [4.78, 5) is 0. The second-order valence-corrected chi connectivity index (χ2v) is 3.02. The zero-order chi connectivity index (χ0) is 7.90. The molecular weight excluding hydrogens is 142 g/mol. The average Bonchev–Trinajstić information content (AvgIpc) is 2.70. The molecule has 1 aromatic rings. The Balaban J connectivity index is 2.29. The largest absolute Gasteiger partial charge is 0.372 e. The summed E-state index contributed by atoms with van der Waals surface area (Å²) in [5.74, 6) is 0.850. The van der Waals surface area contributed by atoms with Gasteiger partial charge in [-0.25, -0.2) is 0 Å². The zero-order valence-electron chi connectivity index (χ0n) is 6.76. The second kappa shape index (κ2) is 2.08. The van der Waals surface area contributed by atoms with Crippen molar-refractivity contribution in [2.45, 2.75) is 25.4 Å². The van der Waals surface area contributed by atoms with Gasteiger partial charge in [0, 0.05) is 13.2 Å². The Labute approximate surface area is 65.3 Å². The maximum absolute atomic E-state index is 5.33. The normalized spacial score (nSPS) is 20.2. The van der Waals surface area contributed by atoms with Crippen LogP contribution in [0.3, 0.4) is 0 Å². The first-order valence-electron chi connectivity index (χ1n) is 3.76. The molecule has 0 unspecified atom stereocenters. The minimum atomic E-state index is -0.0994. The maximum atomic E-state index is 5.33. The van der Waals surface area contributed by atoms with Crippen LogP contribution >= 0.6 is 0 Å². The van der Waals surface area contributed by atoms with Gasteiger partial charge in [0.2, 0.25) is 0 Å². The Morgan fingerprint density at radius 2 is 2.36 bits per heavy atom. The number of methoxy groups -OCH3 is 1. The second-order valence-electron chi connectivity index (χ2n) is 3.02. The molecule has 0 atom stereocenters. The molecule has 0 bridgehead atoms. The molecule has 0 aliphatic heterocycles. The van der Waals surface area contributed by atoms with Gasteiger partial charge in [0.05, 0.1) is 0 Å². The Morgan fingerprint density at radius 1 is 1.64 bits per heavy atom. The van der Waals surface area contributed by atoms with Crippen molar-refractivity contribution in [1.82, 2.24) is 5.16 Å². The number of aryl methyl sites for hydroxylation is 1. The molecule has 0 N–H and O–H groups in total. The Morgan fingerprint density at radius 3 is 2.73 bits per heavy atom. The lowest BCUT2D eigenvalue weighted by Gasteiger charge is -2.06. The van der Waals surface area contributed by atoms with Crippen molar-refractivity contribution in [2.75, 3.05) is 7.11 Å². The molecule has 1 saturated carbocycles. The molecule has 2 rings (SSSR count). The van der Waals surface area contributed by atoms with Crippen LogP contribution in [-0.4, -0.2) is 12.3 Å². The first-order chi connectivity index (χ1) is 5.27. The molecule has 60 valence electrons. The number of hydrogen-bond acceptors (Lipinski definition) is 3. The molecule has 1 heterocycles. The fourth-order valence-electron chi connectivity index (χ4n) is 1.26. The van der Waals surface area contributed by atoms with Crippen LogP contribution < -0.4 is 0 Å². The van der Waals surface area contributed by atoms with E-state index in [0.717, 1.165) is 24.3 Å². The molecule has 0 amide bonds. The van der Waals surface area contributed by atoms with Gasteiger partial charge >= 0.3 is 0 Å². The van der Waals surface area contributed by atoms with Crippen LogP contribution in [0.25, 0.3) is 0 Å². The van der Waals surface area contributed by atoms with E-state index in [2.05, 4.69) is 5.16 Å². The summed E-state index contributed by atoms with van der Waals surface area (Å²) in [5.41, 5.74) is 0.843. The number of ether oxygens (including phenoxy) is 1. The van der Waals surface area contributed by atoms with Gasteiger partial charge in [-0.1, -0.05) is 5.16 Å². The zero-order valence-corrected chi connectivity index (χ0v) is 6.76. The van der Waals surface area contributed by atoms with Crippen molar-refractivity contribution < 1.29 is 9.26 Å². The smallest absolute Gasteiger partial charge is 0.134 e. The lowest BCUT2D eigenvalue weighted by Crippen LogP contribution is -2.08. The van der Waals surface area contributed by atoms with Gasteiger partial charge in [0.1, 0.15) is 17.1 Å². The highest BCUT2D eigenvalue weighted by Crippen LogP contribution is 2.48. The monoisotopic (exact) mass is 153 g/mol. The van der Waals surface area contributed by atoms with Crippen LogP contribution in [0.5, 0.6) is 0 Å². The maximum Gasteiger partial charge on any atom is 0.134 e. The van der Waals surface area contributed by atoms with Gasteiger partial charge < -0.3 is 9.26 Å². The Hall–Kier alpha value is -0.830. The number of nitrogens with zero attached hydrogens (tertiary/aromatic N) is 1. The minimum absolute atomic E-state index is 0.0994. The summed E-state index contributed by atoms with van der Waals surface area (Å²) in [6.45, 7) is 1.89. The van der Waals surface area contributed by atoms with Crippen molar-refractivity contribution in [1.29, 1.82) is 0 Å². The van der Waals surface area contributed by atoms with Crippen LogP contribution in [0.4, 0.5) is 0 Å². The third-order valence-electron chi connectivity index (χ3n) is 2.19. The van der Waals surface area contributed by atoms with Gasteiger partial charge in [-0.2, -0.15) is 0 Å². The summed E-state index contributed by atoms with van der Waals surface area (Å²) in [6.07, 6.45) is 2.13. The van der Waals surface area contributed by atoms with E-state index in [1.54, 1.807) is 7.11 Å². The van der Waals surface area contributed by atoms with Crippen molar-refractivity contribution in [3.63, 3.8) is 0 Å². The molecule has 0 radical (unpaired) electrons. The van der Waals surface area contributed by atoms with Gasteiger partial charge in [0.15, 0.2) is 0 Å². The predicted octanol–water partition coefficient (Wildman–Crippen LogP) is 1.62. The van der Waals surface area contributed by atoms with Crippen LogP contribution in [0.15, 0.2) is 10.6 Å². The Kier molecular flexibility index (Phi) is 1.29. The highest BCUT2D eigenvalue weighted by atomic mass is 16.5. The lowest BCUT2D eigenvalue weighted by atomic mass is 10.2. The topological polar surface area (TPSA) is 35.3 Å². The van der Waals surface area contributed by atoms with Crippen molar-refractivity contribution in [2.24, 2.45) is 0 Å². The first kappa shape index (κ1) is 6.85. The number of aromatic nitrogens is 1. The third-order valence-corrected chi connectivity index (χ3v) is 2.19. The van der Waals surface area contributed by atoms with Crippen LogP contribution in [0, 0.1) is 6.92 Å². The lowest BCUT2D eigenvalue weighted by molar-refractivity contribution is 0.0721. The first-order valence-corrected chi connectivity index (χ1v) is 3.76. The molecule has 1 aromatic heterocycles. The van der Waals surface area contributed by atoms with Crippen molar-refractivity contribution in [3.8, 4) is 0 Å². The molecule has 0 aromatic carbocycles. The quantitative estimate of drug-likeness (QED) is 0.647. The molecule has 1 aliphatic rings. The summed E-state index contributed by atoms with van der Waals surface area (Å²) in [6, 6.07) is 1.94. The molecule has 3 heteroatoms. The highest BCUT2D eigenvalue weighted by Gasteiger charge is 2.47. The molecule has 11 heavy (non-hydrogen) atoms. The average molecular weight is 153 g/mol. The molecule has 1 aliphatic carbocycles.